The second-order valence-corrected chi connectivity index (χ2v) is 23.2. The molecule has 32 heavy (non-hydrogen) atoms. The fourth-order valence-corrected chi connectivity index (χ4v) is 27.9. The molecule has 174 valence electrons. The van der Waals surface area contributed by atoms with Crippen LogP contribution < -0.4 is 0 Å². The minimum absolute atomic E-state index is 0.193. The normalized spacial score (nSPS) is 37.4. The van der Waals surface area contributed by atoms with Crippen molar-refractivity contribution in [2.45, 2.75) is 114 Å². The van der Waals surface area contributed by atoms with Crippen LogP contribution in [0.25, 0.3) is 6.08 Å². The molecule has 1 saturated heterocycles. The Kier molecular flexibility index (Phi) is 4.31. The summed E-state index contributed by atoms with van der Waals surface area (Å²) in [6.45, 7) is 20.0. The maximum absolute atomic E-state index is 7.06. The van der Waals surface area contributed by atoms with E-state index in [9.17, 15) is 0 Å². The smallest absolute Gasteiger partial charge is 0.180 e. The lowest BCUT2D eigenvalue weighted by Gasteiger charge is -2.81. The number of hydrogen-bond donors (Lipinski definition) is 0. The first-order valence-electron chi connectivity index (χ1n) is 13.4. The van der Waals surface area contributed by atoms with Crippen molar-refractivity contribution in [3.63, 3.8) is 0 Å². The number of fused-ring (bicyclic) bond motifs is 1. The van der Waals surface area contributed by atoms with E-state index in [0.717, 1.165) is 17.8 Å². The van der Waals surface area contributed by atoms with Crippen LogP contribution >= 0.6 is 0 Å². The van der Waals surface area contributed by atoms with Crippen molar-refractivity contribution in [3.8, 4) is 0 Å². The van der Waals surface area contributed by atoms with Crippen molar-refractivity contribution in [3.05, 3.63) is 40.0 Å². The number of hydrogen-bond acceptors (Lipinski definition) is 1. The molecule has 2 atom stereocenters. The molecule has 1 spiro atoms. The van der Waals surface area contributed by atoms with Crippen LogP contribution in [0, 0.1) is 17.8 Å². The number of benzene rings is 1. The molecular weight excluding hydrogens is 420 g/mol. The predicted molar refractivity (Wildman–Crippen MR) is 141 cm³/mol. The molecule has 0 amide bonds. The highest BCUT2D eigenvalue weighted by Gasteiger charge is 2.83. The molecule has 3 heteroatoms. The van der Waals surface area contributed by atoms with E-state index in [2.05, 4.69) is 72.1 Å². The molecule has 0 N–H and O–H groups in total. The SMILES string of the molecule is CCC1=Cc2cc(C(C)(C)C)cc(C34CC5CC(CC(C5)C35[Si](C)(C)O[Si]5(C)C)C4)c2C1. The molecular formula is C29H44OSi2. The van der Waals surface area contributed by atoms with Crippen LogP contribution in [0.15, 0.2) is 17.7 Å². The van der Waals surface area contributed by atoms with Crippen LogP contribution in [0.1, 0.15) is 88.5 Å². The summed E-state index contributed by atoms with van der Waals surface area (Å²) in [5.41, 5.74) is 8.87. The van der Waals surface area contributed by atoms with E-state index in [0.29, 0.717) is 10.1 Å². The van der Waals surface area contributed by atoms with E-state index < -0.39 is 16.6 Å². The van der Waals surface area contributed by atoms with Gasteiger partial charge in [-0.1, -0.05) is 51.5 Å². The third-order valence-electron chi connectivity index (χ3n) is 10.8. The summed E-state index contributed by atoms with van der Waals surface area (Å²) in [6.07, 6.45) is 12.4. The largest absolute Gasteiger partial charge is 0.455 e. The van der Waals surface area contributed by atoms with Gasteiger partial charge in [-0.25, -0.2) is 0 Å². The molecule has 1 aliphatic heterocycles. The maximum Gasteiger partial charge on any atom is 0.180 e. The van der Waals surface area contributed by atoms with Gasteiger partial charge in [0, 0.05) is 10.1 Å². The highest BCUT2D eigenvalue weighted by Crippen LogP contribution is 2.82. The molecule has 6 aliphatic rings. The van der Waals surface area contributed by atoms with Gasteiger partial charge in [0.05, 0.1) is 0 Å². The van der Waals surface area contributed by atoms with Crippen molar-refractivity contribution in [1.82, 2.24) is 0 Å². The molecule has 4 saturated carbocycles. The Morgan fingerprint density at radius 3 is 2.12 bits per heavy atom. The van der Waals surface area contributed by atoms with Crippen LogP contribution in [-0.2, 0) is 21.4 Å². The lowest BCUT2D eigenvalue weighted by Crippen LogP contribution is -2.85. The zero-order valence-corrected chi connectivity index (χ0v) is 23.8. The molecule has 2 unspecified atom stereocenters. The Morgan fingerprint density at radius 1 is 0.969 bits per heavy atom. The van der Waals surface area contributed by atoms with Crippen molar-refractivity contribution in [2.24, 2.45) is 17.8 Å². The highest BCUT2D eigenvalue weighted by molar-refractivity contribution is 7.07. The van der Waals surface area contributed by atoms with E-state index in [1.54, 1.807) is 22.3 Å². The van der Waals surface area contributed by atoms with Crippen molar-refractivity contribution >= 4 is 22.7 Å². The predicted octanol–water partition coefficient (Wildman–Crippen LogP) is 8.13. The Bertz CT molecular complexity index is 996. The Morgan fingerprint density at radius 2 is 1.59 bits per heavy atom. The van der Waals surface area contributed by atoms with E-state index in [1.165, 1.54) is 44.9 Å². The van der Waals surface area contributed by atoms with E-state index >= 15 is 0 Å². The second kappa shape index (κ2) is 6.32. The molecule has 1 aromatic rings. The molecule has 5 fully saturated rings. The zero-order valence-electron chi connectivity index (χ0n) is 21.8. The summed E-state index contributed by atoms with van der Waals surface area (Å²) >= 11 is 0. The Hall–Kier alpha value is -0.646. The topological polar surface area (TPSA) is 9.23 Å². The van der Waals surface area contributed by atoms with Gasteiger partial charge in [0.1, 0.15) is 0 Å². The summed E-state index contributed by atoms with van der Waals surface area (Å²) in [5, 5.41) is 0. The van der Waals surface area contributed by atoms with Crippen molar-refractivity contribution in [2.75, 3.05) is 0 Å². The summed E-state index contributed by atoms with van der Waals surface area (Å²) in [5.74, 6) is 2.85. The van der Waals surface area contributed by atoms with Gasteiger partial charge in [-0.3, -0.25) is 0 Å². The first-order chi connectivity index (χ1) is 14.8. The average Bonchev–Trinajstić information content (AvgIpc) is 3.07. The van der Waals surface area contributed by atoms with Gasteiger partial charge < -0.3 is 4.12 Å². The second-order valence-electron chi connectivity index (χ2n) is 14.2. The van der Waals surface area contributed by atoms with E-state index in [4.69, 9.17) is 4.12 Å². The lowest BCUT2D eigenvalue weighted by atomic mass is 9.46. The fourth-order valence-electron chi connectivity index (χ4n) is 10.7. The molecule has 1 aromatic carbocycles. The fraction of sp³-hybridized carbons (Fsp3) is 0.724. The van der Waals surface area contributed by atoms with Crippen LogP contribution in [0.2, 0.25) is 30.8 Å². The third kappa shape index (κ3) is 2.44. The zero-order chi connectivity index (χ0) is 22.9. The Labute approximate surface area is 198 Å². The van der Waals surface area contributed by atoms with Crippen LogP contribution in [-0.4, -0.2) is 16.6 Å². The van der Waals surface area contributed by atoms with Gasteiger partial charge in [0.15, 0.2) is 16.6 Å². The highest BCUT2D eigenvalue weighted by atomic mass is 28.5. The van der Waals surface area contributed by atoms with Crippen LogP contribution in [0.4, 0.5) is 0 Å². The molecule has 1 heterocycles. The maximum atomic E-state index is 7.06. The van der Waals surface area contributed by atoms with Gasteiger partial charge in [0.25, 0.3) is 0 Å². The summed E-state index contributed by atoms with van der Waals surface area (Å²) in [6, 6.07) is 5.30. The van der Waals surface area contributed by atoms with E-state index in [1.807, 2.05) is 5.56 Å². The Balaban J connectivity index is 1.65. The molecule has 5 aliphatic carbocycles. The quantitative estimate of drug-likeness (QED) is 0.401. The molecule has 7 rings (SSSR count). The van der Waals surface area contributed by atoms with Gasteiger partial charge in [-0.2, -0.15) is 0 Å². The monoisotopic (exact) mass is 464 g/mol. The van der Waals surface area contributed by atoms with E-state index in [-0.39, 0.29) is 5.41 Å². The minimum atomic E-state index is -1.77. The number of allylic oxidation sites excluding steroid dienone is 1. The molecule has 4 bridgehead atoms. The lowest BCUT2D eigenvalue weighted by molar-refractivity contribution is -0.0479. The molecule has 0 radical (unpaired) electrons. The summed E-state index contributed by atoms with van der Waals surface area (Å²) < 4.78 is 7.58. The molecule has 0 aromatic heterocycles. The summed E-state index contributed by atoms with van der Waals surface area (Å²) in [4.78, 5) is 0. The standard InChI is InChI=1S/C29H44OSi2/c1-9-19-11-22-15-23(27(2,3)4)16-26(25(22)14-19)28-17-20-10-21(18-28)13-24(12-20)29(28)31(5,6)30-32(29,7)8/h11,15-16,20-21,24H,9-10,12-14,17-18H2,1-8H3. The minimum Gasteiger partial charge on any atom is -0.455 e. The van der Waals surface area contributed by atoms with Crippen LogP contribution in [0.5, 0.6) is 0 Å². The number of rotatable bonds is 2. The first-order valence-corrected chi connectivity index (χ1v) is 19.2. The van der Waals surface area contributed by atoms with Crippen LogP contribution in [0.3, 0.4) is 0 Å². The van der Waals surface area contributed by atoms with Gasteiger partial charge in [-0.15, -0.1) is 0 Å². The van der Waals surface area contributed by atoms with Crippen molar-refractivity contribution in [1.29, 1.82) is 0 Å². The van der Waals surface area contributed by atoms with Gasteiger partial charge >= 0.3 is 0 Å². The average molecular weight is 465 g/mol. The van der Waals surface area contributed by atoms with Gasteiger partial charge in [-0.05, 0) is 117 Å². The molecule has 1 nitrogen and oxygen atoms in total. The van der Waals surface area contributed by atoms with Crippen molar-refractivity contribution < 1.29 is 4.12 Å². The third-order valence-corrected chi connectivity index (χ3v) is 24.1. The van der Waals surface area contributed by atoms with Gasteiger partial charge in [0.2, 0.25) is 0 Å². The first kappa shape index (κ1) is 21.9. The summed E-state index contributed by atoms with van der Waals surface area (Å²) in [7, 11) is -3.54.